The van der Waals surface area contributed by atoms with Crippen LogP contribution in [0.15, 0.2) is 66.9 Å². The molecule has 2 heterocycles. The van der Waals surface area contributed by atoms with Gasteiger partial charge in [-0.15, -0.1) is 0 Å². The predicted octanol–water partition coefficient (Wildman–Crippen LogP) is 4.90. The normalized spacial score (nSPS) is 14.6. The van der Waals surface area contributed by atoms with Crippen molar-refractivity contribution in [2.24, 2.45) is 0 Å². The van der Waals surface area contributed by atoms with Gasteiger partial charge in [-0.1, -0.05) is 18.2 Å². The van der Waals surface area contributed by atoms with Crippen LogP contribution in [0.4, 0.5) is 30.5 Å². The zero-order valence-electron chi connectivity index (χ0n) is 20.1. The molecule has 1 amide bonds. The minimum Gasteiger partial charge on any atom is -0.368 e. The molecule has 0 aliphatic carbocycles. The highest BCUT2D eigenvalue weighted by Crippen LogP contribution is 2.36. The third-order valence-corrected chi connectivity index (χ3v) is 6.47. The van der Waals surface area contributed by atoms with E-state index in [1.54, 1.807) is 24.4 Å². The van der Waals surface area contributed by atoms with Crippen LogP contribution in [0, 0.1) is 0 Å². The van der Waals surface area contributed by atoms with E-state index in [4.69, 9.17) is 5.73 Å². The van der Waals surface area contributed by atoms with Crippen molar-refractivity contribution in [1.82, 2.24) is 14.9 Å². The Balaban J connectivity index is 1.45. The van der Waals surface area contributed by atoms with Crippen molar-refractivity contribution in [3.63, 3.8) is 0 Å². The summed E-state index contributed by atoms with van der Waals surface area (Å²) in [5.41, 5.74) is 8.18. The highest BCUT2D eigenvalue weighted by atomic mass is 19.4. The maximum atomic E-state index is 13.5. The summed E-state index contributed by atoms with van der Waals surface area (Å²) < 4.78 is 40.4. The first-order valence-electron chi connectivity index (χ1n) is 11.8. The molecule has 7 nitrogen and oxygen atoms in total. The first kappa shape index (κ1) is 24.5. The molecule has 1 aliphatic heterocycles. The molecule has 0 saturated carbocycles. The lowest BCUT2D eigenvalue weighted by Gasteiger charge is -2.35. The maximum Gasteiger partial charge on any atom is 0.416 e. The zero-order chi connectivity index (χ0) is 26.2. The number of nitrogen functional groups attached to an aromatic ring is 1. The third-order valence-electron chi connectivity index (χ3n) is 6.47. The molecule has 1 saturated heterocycles. The van der Waals surface area contributed by atoms with Crippen LogP contribution in [0.5, 0.6) is 0 Å². The Bertz CT molecular complexity index is 1460. The number of piperazine rings is 1. The van der Waals surface area contributed by atoms with E-state index in [1.165, 1.54) is 6.07 Å². The summed E-state index contributed by atoms with van der Waals surface area (Å²) in [6, 6.07) is 16.0. The molecule has 0 radical (unpaired) electrons. The Morgan fingerprint density at radius 3 is 2.49 bits per heavy atom. The number of benzene rings is 3. The summed E-state index contributed by atoms with van der Waals surface area (Å²) in [6.07, 6.45) is -2.89. The smallest absolute Gasteiger partial charge is 0.368 e. The van der Waals surface area contributed by atoms with Crippen LogP contribution in [-0.4, -0.2) is 54.0 Å². The molecule has 1 aromatic heterocycles. The Hall–Kier alpha value is -4.18. The fraction of sp³-hybridized carbons (Fsp3) is 0.222. The van der Waals surface area contributed by atoms with Crippen molar-refractivity contribution < 1.29 is 18.0 Å². The van der Waals surface area contributed by atoms with E-state index in [0.29, 0.717) is 29.9 Å². The molecule has 0 spiro atoms. The van der Waals surface area contributed by atoms with E-state index in [2.05, 4.69) is 20.2 Å². The number of hydrogen-bond acceptors (Lipinski definition) is 6. The largest absolute Gasteiger partial charge is 0.416 e. The number of hydrogen-bond donors (Lipinski definition) is 2. The highest BCUT2D eigenvalue weighted by Gasteiger charge is 2.32. The van der Waals surface area contributed by atoms with Gasteiger partial charge in [0.25, 0.3) is 5.91 Å². The molecule has 4 aromatic rings. The number of nitrogens with two attached hydrogens (primary N) is 1. The molecule has 10 heteroatoms. The highest BCUT2D eigenvalue weighted by molar-refractivity contribution is 6.06. The first-order valence-corrected chi connectivity index (χ1v) is 11.8. The molecule has 3 N–H and O–H groups in total. The molecule has 3 aromatic carbocycles. The summed E-state index contributed by atoms with van der Waals surface area (Å²) in [6.45, 7) is 2.86. The van der Waals surface area contributed by atoms with Crippen LogP contribution in [0.3, 0.4) is 0 Å². The fourth-order valence-corrected chi connectivity index (χ4v) is 4.40. The molecule has 0 bridgehead atoms. The first-order chi connectivity index (χ1) is 17.7. The summed E-state index contributed by atoms with van der Waals surface area (Å²) in [7, 11) is 2.00. The predicted molar refractivity (Wildman–Crippen MR) is 138 cm³/mol. The van der Waals surface area contributed by atoms with E-state index in [1.807, 2.05) is 36.2 Å². The van der Waals surface area contributed by atoms with Gasteiger partial charge in [-0.2, -0.15) is 13.2 Å². The van der Waals surface area contributed by atoms with Gasteiger partial charge in [0.2, 0.25) is 5.95 Å². The molecular weight excluding hydrogens is 481 g/mol. The number of aromatic nitrogens is 2. The Labute approximate surface area is 211 Å². The zero-order valence-corrected chi connectivity index (χ0v) is 20.1. The van der Waals surface area contributed by atoms with Gasteiger partial charge in [0, 0.05) is 43.3 Å². The van der Waals surface area contributed by atoms with Crippen LogP contribution in [0.2, 0.25) is 0 Å². The average Bonchev–Trinajstić information content (AvgIpc) is 2.88. The van der Waals surface area contributed by atoms with E-state index in [0.717, 1.165) is 41.7 Å². The molecule has 0 atom stereocenters. The number of alkyl halides is 3. The van der Waals surface area contributed by atoms with Crippen LogP contribution < -0.4 is 16.0 Å². The number of fused-ring (bicyclic) bond motifs is 1. The Morgan fingerprint density at radius 2 is 1.73 bits per heavy atom. The van der Waals surface area contributed by atoms with E-state index < -0.39 is 17.6 Å². The van der Waals surface area contributed by atoms with Gasteiger partial charge in [0.05, 0.1) is 22.5 Å². The molecule has 0 unspecified atom stereocenters. The third kappa shape index (κ3) is 5.34. The SMILES string of the molecule is CN1CCN(c2ccc(C(F)(F)F)cc2NC(=O)c2cccc(-c3ccc4nc(N)ncc4c3)c2)CC1. The van der Waals surface area contributed by atoms with Crippen molar-refractivity contribution >= 4 is 34.1 Å². The number of nitrogens with one attached hydrogen (secondary N) is 1. The van der Waals surface area contributed by atoms with Gasteiger partial charge in [0.1, 0.15) is 0 Å². The van der Waals surface area contributed by atoms with Gasteiger partial charge >= 0.3 is 6.18 Å². The van der Waals surface area contributed by atoms with E-state index in [-0.39, 0.29) is 11.6 Å². The van der Waals surface area contributed by atoms with Gasteiger partial charge in [-0.25, -0.2) is 9.97 Å². The number of likely N-dealkylation sites (N-methyl/N-ethyl adjacent to an activating group) is 1. The van der Waals surface area contributed by atoms with E-state index in [9.17, 15) is 18.0 Å². The number of rotatable bonds is 4. The minimum atomic E-state index is -4.52. The van der Waals surface area contributed by atoms with Crippen molar-refractivity contribution in [2.75, 3.05) is 49.2 Å². The van der Waals surface area contributed by atoms with Gasteiger partial charge in [-0.3, -0.25) is 4.79 Å². The fourth-order valence-electron chi connectivity index (χ4n) is 4.40. The second kappa shape index (κ2) is 9.70. The lowest BCUT2D eigenvalue weighted by molar-refractivity contribution is -0.137. The van der Waals surface area contributed by atoms with Crippen LogP contribution in [-0.2, 0) is 6.18 Å². The van der Waals surface area contributed by atoms with Gasteiger partial charge in [0.15, 0.2) is 0 Å². The van der Waals surface area contributed by atoms with Gasteiger partial charge < -0.3 is 20.9 Å². The van der Waals surface area contributed by atoms with Crippen molar-refractivity contribution in [3.8, 4) is 11.1 Å². The molecular formula is C27H25F3N6O. The van der Waals surface area contributed by atoms with Crippen molar-refractivity contribution in [3.05, 3.63) is 78.0 Å². The second-order valence-corrected chi connectivity index (χ2v) is 9.06. The number of anilines is 3. The number of carbonyl (C=O) groups is 1. The molecule has 190 valence electrons. The van der Waals surface area contributed by atoms with Crippen molar-refractivity contribution in [1.29, 1.82) is 0 Å². The van der Waals surface area contributed by atoms with Crippen LogP contribution in [0.1, 0.15) is 15.9 Å². The maximum absolute atomic E-state index is 13.5. The summed E-state index contributed by atoms with van der Waals surface area (Å²) in [5.74, 6) is -0.307. The Kier molecular flexibility index (Phi) is 6.43. The summed E-state index contributed by atoms with van der Waals surface area (Å²) >= 11 is 0. The number of halogens is 3. The average molecular weight is 507 g/mol. The van der Waals surface area contributed by atoms with E-state index >= 15 is 0 Å². The quantitative estimate of drug-likeness (QED) is 0.409. The summed E-state index contributed by atoms with van der Waals surface area (Å²) in [4.78, 5) is 25.6. The molecule has 1 aliphatic rings. The molecule has 5 rings (SSSR count). The topological polar surface area (TPSA) is 87.4 Å². The number of amides is 1. The minimum absolute atomic E-state index is 0.134. The Morgan fingerprint density at radius 1 is 0.973 bits per heavy atom. The molecule has 1 fully saturated rings. The molecule has 37 heavy (non-hydrogen) atoms. The lowest BCUT2D eigenvalue weighted by Crippen LogP contribution is -2.44. The number of nitrogens with zero attached hydrogens (tertiary/aromatic N) is 4. The second-order valence-electron chi connectivity index (χ2n) is 9.06. The summed E-state index contributed by atoms with van der Waals surface area (Å²) in [5, 5.41) is 3.53. The van der Waals surface area contributed by atoms with Crippen molar-refractivity contribution in [2.45, 2.75) is 6.18 Å². The monoisotopic (exact) mass is 506 g/mol. The van der Waals surface area contributed by atoms with Gasteiger partial charge in [-0.05, 0) is 60.6 Å². The van der Waals surface area contributed by atoms with Crippen LogP contribution >= 0.6 is 0 Å². The standard InChI is InChI=1S/C27H25F3N6O/c1-35-9-11-36(12-10-35)24-8-6-21(27(28,29)30)15-23(24)33-25(37)19-4-2-3-17(13-19)18-5-7-22-20(14-18)16-32-26(31)34-22/h2-8,13-16H,9-12H2,1H3,(H,33,37)(H2,31,32,34). The van der Waals surface area contributed by atoms with Crippen LogP contribution in [0.25, 0.3) is 22.0 Å². The lowest BCUT2D eigenvalue weighted by atomic mass is 10.0. The number of carbonyl (C=O) groups excluding carboxylic acids is 1.